The van der Waals surface area contributed by atoms with Crippen LogP contribution < -0.4 is 5.84 Å². The van der Waals surface area contributed by atoms with E-state index >= 15 is 0 Å². The molecule has 194 valence electrons. The molecule has 1 aromatic heterocycles. The average Bonchev–Trinajstić information content (AvgIpc) is 3.16. The van der Waals surface area contributed by atoms with E-state index in [9.17, 15) is 19.2 Å². The van der Waals surface area contributed by atoms with E-state index in [1.165, 1.54) is 11.6 Å². The number of aromatic nitrogens is 3. The molecule has 0 amide bonds. The van der Waals surface area contributed by atoms with Crippen LogP contribution in [0.25, 0.3) is 11.4 Å². The van der Waals surface area contributed by atoms with E-state index in [1.807, 2.05) is 18.2 Å². The SMILES string of the molecule is CC(=O)OCC1OC(Sc2nnc(-c3ccccc3)n2N)C(OC(C)=O)C(OC(C)=O)C1OC(C)=O. The molecule has 0 bridgehead atoms. The number of nitrogen functional groups attached to an aromatic ring is 1. The minimum atomic E-state index is -1.29. The van der Waals surface area contributed by atoms with Gasteiger partial charge in [0.15, 0.2) is 29.6 Å². The van der Waals surface area contributed by atoms with E-state index in [-0.39, 0.29) is 11.8 Å². The van der Waals surface area contributed by atoms with Gasteiger partial charge >= 0.3 is 23.9 Å². The van der Waals surface area contributed by atoms with Gasteiger partial charge in [-0.15, -0.1) is 10.2 Å². The fourth-order valence-electron chi connectivity index (χ4n) is 3.53. The van der Waals surface area contributed by atoms with E-state index in [1.54, 1.807) is 12.1 Å². The summed E-state index contributed by atoms with van der Waals surface area (Å²) in [5.74, 6) is 3.84. The zero-order valence-corrected chi connectivity index (χ0v) is 20.8. The molecule has 5 atom stereocenters. The molecule has 2 aromatic rings. The van der Waals surface area contributed by atoms with Crippen molar-refractivity contribution >= 4 is 35.6 Å². The largest absolute Gasteiger partial charge is 0.463 e. The van der Waals surface area contributed by atoms with Gasteiger partial charge in [-0.3, -0.25) is 19.2 Å². The monoisotopic (exact) mass is 522 g/mol. The van der Waals surface area contributed by atoms with Gasteiger partial charge in [-0.2, -0.15) is 0 Å². The first kappa shape index (κ1) is 26.9. The Bertz CT molecular complexity index is 1110. The number of carbonyl (C=O) groups excluding carboxylic acids is 4. The van der Waals surface area contributed by atoms with Crippen LogP contribution in [0, 0.1) is 0 Å². The Morgan fingerprint density at radius 2 is 1.47 bits per heavy atom. The number of esters is 4. The van der Waals surface area contributed by atoms with Crippen molar-refractivity contribution in [2.45, 2.75) is 62.7 Å². The van der Waals surface area contributed by atoms with Crippen molar-refractivity contribution in [2.75, 3.05) is 12.4 Å². The van der Waals surface area contributed by atoms with Crippen molar-refractivity contribution in [3.8, 4) is 11.4 Å². The number of nitrogens with two attached hydrogens (primary N) is 1. The third-order valence-corrected chi connectivity index (χ3v) is 5.97. The molecule has 1 aliphatic rings. The summed E-state index contributed by atoms with van der Waals surface area (Å²) in [6.07, 6.45) is -4.85. The second-order valence-corrected chi connectivity index (χ2v) is 8.79. The maximum atomic E-state index is 12.0. The van der Waals surface area contributed by atoms with Crippen LogP contribution in [0.5, 0.6) is 0 Å². The summed E-state index contributed by atoms with van der Waals surface area (Å²) >= 11 is 0.939. The van der Waals surface area contributed by atoms with Crippen molar-refractivity contribution in [1.29, 1.82) is 0 Å². The summed E-state index contributed by atoms with van der Waals surface area (Å²) in [5.41, 5.74) is -0.360. The number of hydrogen-bond acceptors (Lipinski definition) is 13. The first-order valence-corrected chi connectivity index (χ1v) is 11.7. The Labute approximate surface area is 210 Å². The highest BCUT2D eigenvalue weighted by atomic mass is 32.2. The maximum absolute atomic E-state index is 12.0. The lowest BCUT2D eigenvalue weighted by Crippen LogP contribution is -2.61. The second kappa shape index (κ2) is 11.9. The van der Waals surface area contributed by atoms with Crippen LogP contribution in [-0.2, 0) is 42.9 Å². The summed E-state index contributed by atoms with van der Waals surface area (Å²) < 4.78 is 28.6. The lowest BCUT2D eigenvalue weighted by Gasteiger charge is -2.43. The lowest BCUT2D eigenvalue weighted by atomic mass is 9.99. The Kier molecular flexibility index (Phi) is 8.88. The zero-order valence-electron chi connectivity index (χ0n) is 20.0. The highest BCUT2D eigenvalue weighted by molar-refractivity contribution is 7.99. The number of rotatable bonds is 8. The third-order valence-electron chi connectivity index (χ3n) is 4.87. The first-order valence-electron chi connectivity index (χ1n) is 10.8. The number of carbonyl (C=O) groups is 4. The Balaban J connectivity index is 1.99. The Morgan fingerprint density at radius 3 is 2.06 bits per heavy atom. The van der Waals surface area contributed by atoms with Gasteiger partial charge in [0.2, 0.25) is 5.16 Å². The van der Waals surface area contributed by atoms with Crippen LogP contribution in [-0.4, -0.2) is 75.2 Å². The molecule has 0 saturated carbocycles. The molecular formula is C22H26N4O9S. The van der Waals surface area contributed by atoms with Crippen molar-refractivity contribution in [3.05, 3.63) is 30.3 Å². The molecule has 2 N–H and O–H groups in total. The van der Waals surface area contributed by atoms with Gasteiger partial charge < -0.3 is 29.5 Å². The van der Waals surface area contributed by atoms with Gasteiger partial charge in [0.05, 0.1) is 0 Å². The van der Waals surface area contributed by atoms with Gasteiger partial charge in [0.1, 0.15) is 12.7 Å². The summed E-state index contributed by atoms with van der Waals surface area (Å²) in [5, 5.41) is 8.41. The standard InChI is InChI=1S/C22H26N4O9S/c1-11(27)31-10-16-17(32-12(2)28)18(33-13(3)29)19(34-14(4)30)21(35-16)36-22-25-24-20(26(22)23)15-8-6-5-7-9-15/h5-9,16-19,21H,10,23H2,1-4H3. The topological polar surface area (TPSA) is 171 Å². The molecule has 14 heteroatoms. The molecule has 36 heavy (non-hydrogen) atoms. The molecule has 1 aromatic carbocycles. The molecule has 1 saturated heterocycles. The fraction of sp³-hybridized carbons (Fsp3) is 0.455. The van der Waals surface area contributed by atoms with Gasteiger partial charge in [0, 0.05) is 33.3 Å². The van der Waals surface area contributed by atoms with Crippen LogP contribution in [0.2, 0.25) is 0 Å². The van der Waals surface area contributed by atoms with E-state index < -0.39 is 53.7 Å². The predicted octanol–water partition coefficient (Wildman–Crippen LogP) is 0.834. The normalized spacial score (nSPS) is 23.4. The number of hydrogen-bond donors (Lipinski definition) is 1. The number of ether oxygens (including phenoxy) is 5. The van der Waals surface area contributed by atoms with Crippen molar-refractivity contribution in [1.82, 2.24) is 14.9 Å². The fourth-order valence-corrected chi connectivity index (χ4v) is 4.57. The highest BCUT2D eigenvalue weighted by Gasteiger charge is 2.52. The summed E-state index contributed by atoms with van der Waals surface area (Å²) in [6, 6.07) is 9.08. The Hall–Kier alpha value is -3.65. The van der Waals surface area contributed by atoms with Crippen LogP contribution >= 0.6 is 11.8 Å². The van der Waals surface area contributed by atoms with Gasteiger partial charge in [-0.05, 0) is 11.8 Å². The summed E-state index contributed by atoms with van der Waals surface area (Å²) in [4.78, 5) is 47.2. The molecule has 0 radical (unpaired) electrons. The molecule has 1 aliphatic heterocycles. The molecule has 5 unspecified atom stereocenters. The van der Waals surface area contributed by atoms with E-state index in [0.29, 0.717) is 11.4 Å². The first-order chi connectivity index (χ1) is 17.1. The molecule has 0 aliphatic carbocycles. The number of nitrogens with zero attached hydrogens (tertiary/aromatic N) is 3. The second-order valence-electron chi connectivity index (χ2n) is 7.73. The van der Waals surface area contributed by atoms with Crippen molar-refractivity contribution < 1.29 is 42.9 Å². The van der Waals surface area contributed by atoms with Crippen LogP contribution in [0.3, 0.4) is 0 Å². The highest BCUT2D eigenvalue weighted by Crippen LogP contribution is 2.37. The third kappa shape index (κ3) is 6.73. The molecule has 1 fully saturated rings. The summed E-state index contributed by atoms with van der Waals surface area (Å²) in [6.45, 7) is 4.33. The Morgan fingerprint density at radius 1 is 0.889 bits per heavy atom. The lowest BCUT2D eigenvalue weighted by molar-refractivity contribution is -0.237. The van der Waals surface area contributed by atoms with Crippen LogP contribution in [0.15, 0.2) is 35.5 Å². The minimum absolute atomic E-state index is 0.190. The van der Waals surface area contributed by atoms with E-state index in [4.69, 9.17) is 29.5 Å². The molecule has 13 nitrogen and oxygen atoms in total. The van der Waals surface area contributed by atoms with E-state index in [2.05, 4.69) is 10.2 Å². The smallest absolute Gasteiger partial charge is 0.303 e. The van der Waals surface area contributed by atoms with Crippen LogP contribution in [0.4, 0.5) is 0 Å². The molecule has 3 rings (SSSR count). The average molecular weight is 523 g/mol. The zero-order chi connectivity index (χ0) is 26.4. The van der Waals surface area contributed by atoms with Gasteiger partial charge in [-0.1, -0.05) is 30.3 Å². The van der Waals surface area contributed by atoms with Crippen molar-refractivity contribution in [2.24, 2.45) is 0 Å². The van der Waals surface area contributed by atoms with Crippen LogP contribution in [0.1, 0.15) is 27.7 Å². The quantitative estimate of drug-likeness (QED) is 0.294. The summed E-state index contributed by atoms with van der Waals surface area (Å²) in [7, 11) is 0. The molecule has 0 spiro atoms. The van der Waals surface area contributed by atoms with Gasteiger partial charge in [-0.25, -0.2) is 4.68 Å². The number of benzene rings is 1. The number of thioether (sulfide) groups is 1. The molecule has 2 heterocycles. The molecular weight excluding hydrogens is 496 g/mol. The predicted molar refractivity (Wildman–Crippen MR) is 123 cm³/mol. The van der Waals surface area contributed by atoms with Crippen molar-refractivity contribution in [3.63, 3.8) is 0 Å². The minimum Gasteiger partial charge on any atom is -0.463 e. The van der Waals surface area contributed by atoms with E-state index in [0.717, 1.165) is 32.5 Å². The maximum Gasteiger partial charge on any atom is 0.303 e. The van der Waals surface area contributed by atoms with Gasteiger partial charge in [0.25, 0.3) is 0 Å².